The van der Waals surface area contributed by atoms with Crippen molar-refractivity contribution in [2.24, 2.45) is 0 Å². The van der Waals surface area contributed by atoms with Crippen molar-refractivity contribution in [3.05, 3.63) is 65.7 Å². The zero-order valence-electron chi connectivity index (χ0n) is 13.2. The molecule has 5 heteroatoms. The number of thioether (sulfide) groups is 1. The highest BCUT2D eigenvalue weighted by Crippen LogP contribution is 2.23. The lowest BCUT2D eigenvalue weighted by atomic mass is 10.2. The van der Waals surface area contributed by atoms with Gasteiger partial charge in [-0.2, -0.15) is 0 Å². The van der Waals surface area contributed by atoms with Gasteiger partial charge >= 0.3 is 6.03 Å². The molecule has 120 valence electrons. The summed E-state index contributed by atoms with van der Waals surface area (Å²) in [5.74, 6) is -0.304. The van der Waals surface area contributed by atoms with Gasteiger partial charge in [0.1, 0.15) is 0 Å². The Morgan fingerprint density at radius 1 is 1.09 bits per heavy atom. The van der Waals surface area contributed by atoms with Crippen LogP contribution in [0.4, 0.5) is 4.79 Å². The molecule has 0 fully saturated rings. The molecule has 4 nitrogen and oxygen atoms in total. The van der Waals surface area contributed by atoms with Crippen molar-refractivity contribution in [1.29, 1.82) is 0 Å². The minimum Gasteiger partial charge on any atom is -0.334 e. The van der Waals surface area contributed by atoms with E-state index in [2.05, 4.69) is 10.6 Å². The third-order valence-electron chi connectivity index (χ3n) is 3.20. The molecule has 0 saturated carbocycles. The molecular weight excluding hydrogens is 308 g/mol. The number of carbonyl (C=O) groups excluding carboxylic acids is 2. The summed E-state index contributed by atoms with van der Waals surface area (Å²) in [4.78, 5) is 24.9. The first-order valence-electron chi connectivity index (χ1n) is 7.40. The van der Waals surface area contributed by atoms with Crippen LogP contribution in [0.25, 0.3) is 0 Å². The number of aryl methyl sites for hydroxylation is 1. The van der Waals surface area contributed by atoms with E-state index >= 15 is 0 Å². The highest BCUT2D eigenvalue weighted by atomic mass is 32.2. The van der Waals surface area contributed by atoms with E-state index in [4.69, 9.17) is 0 Å². The fourth-order valence-electron chi connectivity index (χ4n) is 1.98. The number of rotatable bonds is 5. The quantitative estimate of drug-likeness (QED) is 0.826. The molecule has 0 bridgehead atoms. The van der Waals surface area contributed by atoms with Gasteiger partial charge in [0, 0.05) is 11.4 Å². The van der Waals surface area contributed by atoms with E-state index in [-0.39, 0.29) is 11.2 Å². The predicted molar refractivity (Wildman–Crippen MR) is 93.3 cm³/mol. The zero-order chi connectivity index (χ0) is 16.7. The number of benzene rings is 2. The van der Waals surface area contributed by atoms with E-state index in [9.17, 15) is 9.59 Å². The van der Waals surface area contributed by atoms with Gasteiger partial charge in [-0.3, -0.25) is 10.1 Å². The van der Waals surface area contributed by atoms with Gasteiger partial charge in [-0.1, -0.05) is 48.0 Å². The van der Waals surface area contributed by atoms with E-state index in [0.29, 0.717) is 6.54 Å². The summed E-state index contributed by atoms with van der Waals surface area (Å²) in [6.07, 6.45) is 0. The van der Waals surface area contributed by atoms with Crippen molar-refractivity contribution in [3.8, 4) is 0 Å². The third-order valence-corrected chi connectivity index (χ3v) is 4.30. The maximum absolute atomic E-state index is 12.1. The molecule has 2 rings (SSSR count). The molecule has 1 atom stereocenters. The number of imide groups is 1. The smallest absolute Gasteiger partial charge is 0.321 e. The molecule has 2 N–H and O–H groups in total. The second-order valence-electron chi connectivity index (χ2n) is 5.23. The van der Waals surface area contributed by atoms with Crippen molar-refractivity contribution < 1.29 is 9.59 Å². The Balaban J connectivity index is 1.79. The van der Waals surface area contributed by atoms with Gasteiger partial charge in [-0.05, 0) is 31.5 Å². The van der Waals surface area contributed by atoms with Gasteiger partial charge < -0.3 is 5.32 Å². The summed E-state index contributed by atoms with van der Waals surface area (Å²) < 4.78 is 0. The van der Waals surface area contributed by atoms with Crippen molar-refractivity contribution >= 4 is 23.7 Å². The third kappa shape index (κ3) is 5.79. The number of urea groups is 1. The molecule has 0 aliphatic heterocycles. The monoisotopic (exact) mass is 328 g/mol. The van der Waals surface area contributed by atoms with Crippen LogP contribution in [0.3, 0.4) is 0 Å². The first kappa shape index (κ1) is 17.1. The number of hydrogen-bond acceptors (Lipinski definition) is 3. The first-order chi connectivity index (χ1) is 11.0. The molecule has 0 aromatic heterocycles. The highest BCUT2D eigenvalue weighted by molar-refractivity contribution is 8.00. The first-order valence-corrected chi connectivity index (χ1v) is 8.28. The van der Waals surface area contributed by atoms with Gasteiger partial charge in [-0.15, -0.1) is 11.8 Å². The fraction of sp³-hybridized carbons (Fsp3) is 0.222. The maximum atomic E-state index is 12.1. The summed E-state index contributed by atoms with van der Waals surface area (Å²) >= 11 is 1.43. The Hall–Kier alpha value is -2.27. The zero-order valence-corrected chi connectivity index (χ0v) is 14.0. The van der Waals surface area contributed by atoms with Crippen LogP contribution in [0.15, 0.2) is 59.5 Å². The molecule has 23 heavy (non-hydrogen) atoms. The molecule has 0 spiro atoms. The molecule has 3 amide bonds. The van der Waals surface area contributed by atoms with E-state index in [1.165, 1.54) is 11.8 Å². The van der Waals surface area contributed by atoms with E-state index in [1.807, 2.05) is 61.5 Å². The van der Waals surface area contributed by atoms with Gasteiger partial charge in [0.15, 0.2) is 0 Å². The topological polar surface area (TPSA) is 58.2 Å². The summed E-state index contributed by atoms with van der Waals surface area (Å²) in [7, 11) is 0. The minimum atomic E-state index is -0.476. The molecule has 2 aromatic rings. The van der Waals surface area contributed by atoms with Crippen LogP contribution < -0.4 is 10.6 Å². The lowest BCUT2D eigenvalue weighted by molar-refractivity contribution is -0.119. The molecule has 2 aromatic carbocycles. The summed E-state index contributed by atoms with van der Waals surface area (Å²) in [5, 5.41) is 4.70. The standard InChI is InChI=1S/C18H20N2O2S/c1-13-7-6-10-16(11-13)23-14(2)17(21)20-18(22)19-12-15-8-4-3-5-9-15/h3-11,14H,12H2,1-2H3,(H2,19,20,21,22). The summed E-state index contributed by atoms with van der Waals surface area (Å²) in [6, 6.07) is 17.0. The molecule has 0 saturated heterocycles. The Bertz CT molecular complexity index is 674. The molecular formula is C18H20N2O2S. The second-order valence-corrected chi connectivity index (χ2v) is 6.65. The molecule has 0 aliphatic rings. The van der Waals surface area contributed by atoms with Crippen LogP contribution in [-0.4, -0.2) is 17.2 Å². The Morgan fingerprint density at radius 2 is 1.83 bits per heavy atom. The van der Waals surface area contributed by atoms with Crippen LogP contribution in [0, 0.1) is 6.92 Å². The van der Waals surface area contributed by atoms with Gasteiger partial charge in [-0.25, -0.2) is 4.79 Å². The maximum Gasteiger partial charge on any atom is 0.321 e. The lowest BCUT2D eigenvalue weighted by Crippen LogP contribution is -2.42. The fourth-order valence-corrected chi connectivity index (χ4v) is 2.97. The van der Waals surface area contributed by atoms with Gasteiger partial charge in [0.05, 0.1) is 5.25 Å². The van der Waals surface area contributed by atoms with Crippen LogP contribution in [-0.2, 0) is 11.3 Å². The van der Waals surface area contributed by atoms with Gasteiger partial charge in [0.25, 0.3) is 0 Å². The summed E-state index contributed by atoms with van der Waals surface area (Å²) in [6.45, 7) is 4.18. The van der Waals surface area contributed by atoms with Crippen LogP contribution >= 0.6 is 11.8 Å². The second kappa shape index (κ2) is 8.39. The number of amides is 3. The van der Waals surface area contributed by atoms with Crippen LogP contribution in [0.1, 0.15) is 18.1 Å². The molecule has 0 radical (unpaired) electrons. The Morgan fingerprint density at radius 3 is 2.52 bits per heavy atom. The van der Waals surface area contributed by atoms with Crippen molar-refractivity contribution in [2.45, 2.75) is 30.5 Å². The van der Waals surface area contributed by atoms with Gasteiger partial charge in [0.2, 0.25) is 5.91 Å². The largest absolute Gasteiger partial charge is 0.334 e. The Kier molecular flexibility index (Phi) is 6.23. The number of nitrogens with one attached hydrogen (secondary N) is 2. The predicted octanol–water partition coefficient (Wildman–Crippen LogP) is 3.50. The van der Waals surface area contributed by atoms with Crippen molar-refractivity contribution in [2.75, 3.05) is 0 Å². The molecule has 1 unspecified atom stereocenters. The lowest BCUT2D eigenvalue weighted by Gasteiger charge is -2.12. The average Bonchev–Trinajstić information content (AvgIpc) is 2.54. The minimum absolute atomic E-state index is 0.304. The van der Waals surface area contributed by atoms with Crippen molar-refractivity contribution in [3.63, 3.8) is 0 Å². The van der Waals surface area contributed by atoms with E-state index < -0.39 is 6.03 Å². The normalized spacial score (nSPS) is 11.6. The average molecular weight is 328 g/mol. The SMILES string of the molecule is Cc1cccc(SC(C)C(=O)NC(=O)NCc2ccccc2)c1. The summed E-state index contributed by atoms with van der Waals surface area (Å²) in [5.41, 5.74) is 2.13. The molecule has 0 heterocycles. The van der Waals surface area contributed by atoms with E-state index in [0.717, 1.165) is 16.0 Å². The van der Waals surface area contributed by atoms with Crippen LogP contribution in [0.5, 0.6) is 0 Å². The van der Waals surface area contributed by atoms with Crippen LogP contribution in [0.2, 0.25) is 0 Å². The highest BCUT2D eigenvalue weighted by Gasteiger charge is 2.16. The number of carbonyl (C=O) groups is 2. The van der Waals surface area contributed by atoms with Crippen molar-refractivity contribution in [1.82, 2.24) is 10.6 Å². The number of hydrogen-bond donors (Lipinski definition) is 2. The van der Waals surface area contributed by atoms with E-state index in [1.54, 1.807) is 6.92 Å². The molecule has 0 aliphatic carbocycles. The Labute approximate surface area is 140 Å².